The highest BCUT2D eigenvalue weighted by atomic mass is 16.5. The van der Waals surface area contributed by atoms with Crippen molar-refractivity contribution in [3.63, 3.8) is 0 Å². The Hall–Kier alpha value is -1.85. The van der Waals surface area contributed by atoms with Gasteiger partial charge in [-0.05, 0) is 26.2 Å². The molecule has 0 saturated carbocycles. The molecule has 2 rings (SSSR count). The number of amides is 1. The van der Waals surface area contributed by atoms with Gasteiger partial charge >= 0.3 is 5.97 Å². The van der Waals surface area contributed by atoms with E-state index in [1.807, 2.05) is 0 Å². The lowest BCUT2D eigenvalue weighted by atomic mass is 10.0. The molecule has 2 heterocycles. The molecule has 0 spiro atoms. The van der Waals surface area contributed by atoms with Crippen molar-refractivity contribution in [2.45, 2.75) is 32.2 Å². The van der Waals surface area contributed by atoms with Crippen LogP contribution in [-0.4, -0.2) is 45.8 Å². The van der Waals surface area contributed by atoms with Crippen LogP contribution in [0.15, 0.2) is 12.4 Å². The Morgan fingerprint density at radius 2 is 2.26 bits per heavy atom. The number of aromatic nitrogens is 2. The molecular formula is C13H19N3O3. The molecule has 1 aliphatic heterocycles. The van der Waals surface area contributed by atoms with Crippen molar-refractivity contribution in [1.29, 1.82) is 0 Å². The molecule has 1 aromatic heterocycles. The number of carbonyl (C=O) groups is 2. The maximum atomic E-state index is 12.4. The second-order valence-electron chi connectivity index (χ2n) is 4.66. The van der Waals surface area contributed by atoms with Crippen LogP contribution in [0, 0.1) is 0 Å². The highest BCUT2D eigenvalue weighted by molar-refractivity contribution is 5.96. The van der Waals surface area contributed by atoms with Gasteiger partial charge in [-0.25, -0.2) is 4.79 Å². The number of hydrogen-bond donors (Lipinski definition) is 0. The summed E-state index contributed by atoms with van der Waals surface area (Å²) in [4.78, 5) is 25.9. The van der Waals surface area contributed by atoms with E-state index in [-0.39, 0.29) is 11.9 Å². The Balaban J connectivity index is 2.15. The van der Waals surface area contributed by atoms with Crippen molar-refractivity contribution in [1.82, 2.24) is 14.7 Å². The van der Waals surface area contributed by atoms with Gasteiger partial charge < -0.3 is 9.64 Å². The summed E-state index contributed by atoms with van der Waals surface area (Å²) in [7, 11) is 1.76. The summed E-state index contributed by atoms with van der Waals surface area (Å²) in [6.07, 6.45) is 5.73. The summed E-state index contributed by atoms with van der Waals surface area (Å²) < 4.78 is 6.63. The summed E-state index contributed by atoms with van der Waals surface area (Å²) >= 11 is 0. The van der Waals surface area contributed by atoms with Crippen molar-refractivity contribution in [2.24, 2.45) is 7.05 Å². The van der Waals surface area contributed by atoms with Crippen LogP contribution in [0.2, 0.25) is 0 Å². The first kappa shape index (κ1) is 13.6. The SMILES string of the molecule is CCOC(=O)C1CCCCN1C(=O)c1cnn(C)c1. The molecule has 0 N–H and O–H groups in total. The maximum absolute atomic E-state index is 12.4. The van der Waals surface area contributed by atoms with Crippen LogP contribution in [-0.2, 0) is 16.6 Å². The molecule has 1 fully saturated rings. The Morgan fingerprint density at radius 3 is 2.89 bits per heavy atom. The molecule has 19 heavy (non-hydrogen) atoms. The minimum atomic E-state index is -0.457. The summed E-state index contributed by atoms with van der Waals surface area (Å²) in [5.74, 6) is -0.453. The van der Waals surface area contributed by atoms with Crippen LogP contribution in [0.25, 0.3) is 0 Å². The van der Waals surface area contributed by atoms with Gasteiger partial charge in [0, 0.05) is 19.8 Å². The maximum Gasteiger partial charge on any atom is 0.328 e. The van der Waals surface area contributed by atoms with Gasteiger partial charge in [0.25, 0.3) is 5.91 Å². The lowest BCUT2D eigenvalue weighted by molar-refractivity contribution is -0.149. The van der Waals surface area contributed by atoms with E-state index in [1.54, 1.807) is 29.7 Å². The first-order valence-electron chi connectivity index (χ1n) is 6.59. The number of nitrogens with zero attached hydrogens (tertiary/aromatic N) is 3. The minimum Gasteiger partial charge on any atom is -0.464 e. The highest BCUT2D eigenvalue weighted by Gasteiger charge is 2.33. The van der Waals surface area contributed by atoms with E-state index in [0.717, 1.165) is 12.8 Å². The minimum absolute atomic E-state index is 0.147. The van der Waals surface area contributed by atoms with Gasteiger partial charge in [-0.2, -0.15) is 5.10 Å². The lowest BCUT2D eigenvalue weighted by Crippen LogP contribution is -2.48. The Kier molecular flexibility index (Phi) is 4.19. The van der Waals surface area contributed by atoms with Crippen LogP contribution in [0.3, 0.4) is 0 Å². The van der Waals surface area contributed by atoms with E-state index < -0.39 is 6.04 Å². The number of likely N-dealkylation sites (tertiary alicyclic amines) is 1. The van der Waals surface area contributed by atoms with Gasteiger partial charge in [0.05, 0.1) is 18.4 Å². The molecule has 6 heteroatoms. The predicted molar refractivity (Wildman–Crippen MR) is 68.5 cm³/mol. The normalized spacial score (nSPS) is 19.3. The monoisotopic (exact) mass is 265 g/mol. The zero-order valence-corrected chi connectivity index (χ0v) is 11.3. The average Bonchev–Trinajstić information content (AvgIpc) is 2.85. The molecule has 1 aromatic rings. The van der Waals surface area contributed by atoms with Gasteiger partial charge in [0.2, 0.25) is 0 Å². The van der Waals surface area contributed by atoms with Crippen molar-refractivity contribution >= 4 is 11.9 Å². The second kappa shape index (κ2) is 5.86. The number of rotatable bonds is 3. The molecule has 0 bridgehead atoms. The molecule has 104 valence electrons. The van der Waals surface area contributed by atoms with Gasteiger partial charge in [0.1, 0.15) is 6.04 Å². The first-order chi connectivity index (χ1) is 9.13. The van der Waals surface area contributed by atoms with Crippen molar-refractivity contribution in [3.05, 3.63) is 18.0 Å². The van der Waals surface area contributed by atoms with E-state index in [9.17, 15) is 9.59 Å². The summed E-state index contributed by atoms with van der Waals surface area (Å²) in [6.45, 7) is 2.70. The molecule has 1 unspecified atom stereocenters. The summed E-state index contributed by atoms with van der Waals surface area (Å²) in [5.41, 5.74) is 0.513. The van der Waals surface area contributed by atoms with Crippen LogP contribution in [0.5, 0.6) is 0 Å². The van der Waals surface area contributed by atoms with Crippen molar-refractivity contribution in [3.8, 4) is 0 Å². The molecule has 1 amide bonds. The van der Waals surface area contributed by atoms with Crippen molar-refractivity contribution < 1.29 is 14.3 Å². The zero-order valence-electron chi connectivity index (χ0n) is 11.3. The lowest BCUT2D eigenvalue weighted by Gasteiger charge is -2.33. The molecule has 0 aromatic carbocycles. The third kappa shape index (κ3) is 2.94. The molecule has 1 saturated heterocycles. The molecular weight excluding hydrogens is 246 g/mol. The number of aryl methyl sites for hydroxylation is 1. The fourth-order valence-electron chi connectivity index (χ4n) is 2.36. The van der Waals surface area contributed by atoms with Crippen LogP contribution in [0.1, 0.15) is 36.5 Å². The number of ether oxygens (including phenoxy) is 1. The smallest absolute Gasteiger partial charge is 0.328 e. The Labute approximate surface area is 112 Å². The van der Waals surface area contributed by atoms with Crippen molar-refractivity contribution in [2.75, 3.05) is 13.2 Å². The molecule has 0 radical (unpaired) electrons. The molecule has 1 atom stereocenters. The third-order valence-electron chi connectivity index (χ3n) is 3.27. The van der Waals surface area contributed by atoms with E-state index >= 15 is 0 Å². The number of piperidine rings is 1. The van der Waals surface area contributed by atoms with E-state index in [2.05, 4.69) is 5.10 Å². The topological polar surface area (TPSA) is 64.4 Å². The molecule has 0 aliphatic carbocycles. The zero-order chi connectivity index (χ0) is 13.8. The van der Waals surface area contributed by atoms with E-state index in [4.69, 9.17) is 4.74 Å². The van der Waals surface area contributed by atoms with Crippen LogP contribution >= 0.6 is 0 Å². The van der Waals surface area contributed by atoms with Gasteiger partial charge in [-0.1, -0.05) is 0 Å². The predicted octanol–water partition coefficient (Wildman–Crippen LogP) is 0.978. The van der Waals surface area contributed by atoms with Crippen LogP contribution in [0.4, 0.5) is 0 Å². The van der Waals surface area contributed by atoms with Gasteiger partial charge in [-0.3, -0.25) is 9.48 Å². The fraction of sp³-hybridized carbons (Fsp3) is 0.615. The van der Waals surface area contributed by atoms with Crippen LogP contribution < -0.4 is 0 Å². The quantitative estimate of drug-likeness (QED) is 0.764. The summed E-state index contributed by atoms with van der Waals surface area (Å²) in [6, 6.07) is -0.457. The standard InChI is InChI=1S/C13H19N3O3/c1-3-19-13(18)11-6-4-5-7-16(11)12(17)10-8-14-15(2)9-10/h8-9,11H,3-7H2,1-2H3. The third-order valence-corrected chi connectivity index (χ3v) is 3.27. The number of hydrogen-bond acceptors (Lipinski definition) is 4. The second-order valence-corrected chi connectivity index (χ2v) is 4.66. The largest absolute Gasteiger partial charge is 0.464 e. The Bertz CT molecular complexity index is 469. The highest BCUT2D eigenvalue weighted by Crippen LogP contribution is 2.20. The first-order valence-corrected chi connectivity index (χ1v) is 6.59. The van der Waals surface area contributed by atoms with E-state index in [0.29, 0.717) is 25.1 Å². The number of esters is 1. The van der Waals surface area contributed by atoms with E-state index in [1.165, 1.54) is 6.20 Å². The number of carbonyl (C=O) groups excluding carboxylic acids is 2. The molecule has 6 nitrogen and oxygen atoms in total. The fourth-order valence-corrected chi connectivity index (χ4v) is 2.36. The molecule has 1 aliphatic rings. The van der Waals surface area contributed by atoms with Gasteiger partial charge in [-0.15, -0.1) is 0 Å². The Morgan fingerprint density at radius 1 is 1.47 bits per heavy atom. The summed E-state index contributed by atoms with van der Waals surface area (Å²) in [5, 5.41) is 3.99. The van der Waals surface area contributed by atoms with Gasteiger partial charge in [0.15, 0.2) is 0 Å². The average molecular weight is 265 g/mol.